The molecule has 1 aliphatic rings. The first-order valence-electron chi connectivity index (χ1n) is 7.02. The van der Waals surface area contributed by atoms with Crippen LogP contribution in [0, 0.1) is 0 Å². The van der Waals surface area contributed by atoms with Gasteiger partial charge in [0.25, 0.3) is 0 Å². The van der Waals surface area contributed by atoms with Crippen molar-refractivity contribution >= 4 is 0 Å². The van der Waals surface area contributed by atoms with Gasteiger partial charge < -0.3 is 10.2 Å². The van der Waals surface area contributed by atoms with Gasteiger partial charge in [0.15, 0.2) is 0 Å². The van der Waals surface area contributed by atoms with E-state index < -0.39 is 0 Å². The minimum atomic E-state index is 0.485. The summed E-state index contributed by atoms with van der Waals surface area (Å²) in [6.07, 6.45) is 6.82. The van der Waals surface area contributed by atoms with E-state index in [1.165, 1.54) is 25.1 Å². The van der Waals surface area contributed by atoms with Crippen molar-refractivity contribution < 1.29 is 0 Å². The summed E-state index contributed by atoms with van der Waals surface area (Å²) in [5.74, 6) is 0. The average Bonchev–Trinajstić information content (AvgIpc) is 2.66. The van der Waals surface area contributed by atoms with Crippen LogP contribution in [0.5, 0.6) is 0 Å². The van der Waals surface area contributed by atoms with Crippen LogP contribution >= 0.6 is 0 Å². The number of hydrogen-bond donors (Lipinski definition) is 1. The standard InChI is InChI=1S/C16H24N2/c1-2-3-7-12-18-13-8-11-17-16(14-18)15-9-5-4-6-10-15/h2-6,9-10,16-17H,7-8,11-14H2,1H3/b3-2+. The second-order valence-electron chi connectivity index (χ2n) is 4.93. The summed E-state index contributed by atoms with van der Waals surface area (Å²) in [6.45, 7) is 6.74. The quantitative estimate of drug-likeness (QED) is 0.819. The highest BCUT2D eigenvalue weighted by Crippen LogP contribution is 2.16. The molecule has 1 N–H and O–H groups in total. The van der Waals surface area contributed by atoms with Gasteiger partial charge in [0.1, 0.15) is 0 Å². The average molecular weight is 244 g/mol. The molecule has 0 saturated carbocycles. The van der Waals surface area contributed by atoms with Crippen molar-refractivity contribution in [2.75, 3.05) is 26.2 Å². The van der Waals surface area contributed by atoms with Crippen LogP contribution in [0.1, 0.15) is 31.4 Å². The lowest BCUT2D eigenvalue weighted by molar-refractivity contribution is 0.274. The third-order valence-electron chi connectivity index (χ3n) is 3.53. The van der Waals surface area contributed by atoms with E-state index in [1.54, 1.807) is 0 Å². The Bertz CT molecular complexity index is 359. The number of allylic oxidation sites excluding steroid dienone is 1. The minimum absolute atomic E-state index is 0.485. The Hall–Kier alpha value is -1.12. The highest BCUT2D eigenvalue weighted by molar-refractivity contribution is 5.19. The maximum Gasteiger partial charge on any atom is 0.0449 e. The Labute approximate surface area is 111 Å². The summed E-state index contributed by atoms with van der Waals surface area (Å²) in [6, 6.07) is 11.3. The van der Waals surface area contributed by atoms with Crippen molar-refractivity contribution in [2.45, 2.75) is 25.8 Å². The Morgan fingerprint density at radius 1 is 1.33 bits per heavy atom. The Kier molecular flexibility index (Phi) is 5.43. The predicted octanol–water partition coefficient (Wildman–Crippen LogP) is 2.99. The zero-order valence-corrected chi connectivity index (χ0v) is 11.3. The Morgan fingerprint density at radius 2 is 2.17 bits per heavy atom. The van der Waals surface area contributed by atoms with Crippen molar-refractivity contribution in [3.05, 3.63) is 48.0 Å². The molecule has 0 radical (unpaired) electrons. The Balaban J connectivity index is 1.95. The van der Waals surface area contributed by atoms with E-state index in [-0.39, 0.29) is 0 Å². The monoisotopic (exact) mass is 244 g/mol. The van der Waals surface area contributed by atoms with E-state index in [2.05, 4.69) is 59.6 Å². The molecule has 1 aliphatic heterocycles. The molecule has 0 aromatic heterocycles. The molecular formula is C16H24N2. The first kappa shape index (κ1) is 13.3. The molecule has 2 rings (SSSR count). The third kappa shape index (κ3) is 3.97. The Morgan fingerprint density at radius 3 is 2.94 bits per heavy atom. The van der Waals surface area contributed by atoms with E-state index in [0.717, 1.165) is 19.5 Å². The summed E-state index contributed by atoms with van der Waals surface area (Å²) in [5.41, 5.74) is 1.41. The number of rotatable bonds is 4. The molecule has 18 heavy (non-hydrogen) atoms. The van der Waals surface area contributed by atoms with Crippen LogP contribution in [0.3, 0.4) is 0 Å². The van der Waals surface area contributed by atoms with Crippen molar-refractivity contribution in [2.24, 2.45) is 0 Å². The van der Waals surface area contributed by atoms with Crippen LogP contribution in [0.25, 0.3) is 0 Å². The maximum atomic E-state index is 3.66. The molecule has 2 heteroatoms. The third-order valence-corrected chi connectivity index (χ3v) is 3.53. The fraction of sp³-hybridized carbons (Fsp3) is 0.500. The van der Waals surface area contributed by atoms with Gasteiger partial charge in [-0.05, 0) is 38.4 Å². The van der Waals surface area contributed by atoms with Gasteiger partial charge in [0.2, 0.25) is 0 Å². The second kappa shape index (κ2) is 7.34. The SMILES string of the molecule is C/C=C/CCN1CCCNC(c2ccccc2)C1. The number of nitrogens with one attached hydrogen (secondary N) is 1. The first-order chi connectivity index (χ1) is 8.90. The molecular weight excluding hydrogens is 220 g/mol. The van der Waals surface area contributed by atoms with Crippen molar-refractivity contribution in [1.29, 1.82) is 0 Å². The van der Waals surface area contributed by atoms with E-state index in [0.29, 0.717) is 6.04 Å². The van der Waals surface area contributed by atoms with E-state index in [9.17, 15) is 0 Å². The molecule has 98 valence electrons. The summed E-state index contributed by atoms with van der Waals surface area (Å²) in [7, 11) is 0. The molecule has 0 aliphatic carbocycles. The fourth-order valence-corrected chi connectivity index (χ4v) is 2.53. The van der Waals surface area contributed by atoms with Crippen LogP contribution < -0.4 is 5.32 Å². The molecule has 2 nitrogen and oxygen atoms in total. The van der Waals surface area contributed by atoms with Gasteiger partial charge in [-0.25, -0.2) is 0 Å². The molecule has 1 heterocycles. The van der Waals surface area contributed by atoms with Crippen LogP contribution in [0.4, 0.5) is 0 Å². The minimum Gasteiger partial charge on any atom is -0.309 e. The molecule has 1 unspecified atom stereocenters. The summed E-state index contributed by atoms with van der Waals surface area (Å²) >= 11 is 0. The largest absolute Gasteiger partial charge is 0.309 e. The topological polar surface area (TPSA) is 15.3 Å². The van der Waals surface area contributed by atoms with E-state index in [1.807, 2.05) is 0 Å². The van der Waals surface area contributed by atoms with Crippen molar-refractivity contribution in [1.82, 2.24) is 10.2 Å². The molecule has 0 bridgehead atoms. The van der Waals surface area contributed by atoms with Gasteiger partial charge in [-0.3, -0.25) is 0 Å². The highest BCUT2D eigenvalue weighted by atomic mass is 15.2. The summed E-state index contributed by atoms with van der Waals surface area (Å²) in [4.78, 5) is 2.58. The van der Waals surface area contributed by atoms with E-state index in [4.69, 9.17) is 0 Å². The van der Waals surface area contributed by atoms with Crippen LogP contribution in [-0.4, -0.2) is 31.1 Å². The van der Waals surface area contributed by atoms with Gasteiger partial charge >= 0.3 is 0 Å². The highest BCUT2D eigenvalue weighted by Gasteiger charge is 2.18. The van der Waals surface area contributed by atoms with Gasteiger partial charge in [0, 0.05) is 19.1 Å². The molecule has 1 fully saturated rings. The number of nitrogens with zero attached hydrogens (tertiary/aromatic N) is 1. The molecule has 1 saturated heterocycles. The summed E-state index contributed by atoms with van der Waals surface area (Å²) < 4.78 is 0. The molecule has 1 atom stereocenters. The summed E-state index contributed by atoms with van der Waals surface area (Å²) in [5, 5.41) is 3.66. The lowest BCUT2D eigenvalue weighted by atomic mass is 10.1. The second-order valence-corrected chi connectivity index (χ2v) is 4.93. The van der Waals surface area contributed by atoms with Crippen LogP contribution in [0.15, 0.2) is 42.5 Å². The normalized spacial score (nSPS) is 22.2. The van der Waals surface area contributed by atoms with E-state index >= 15 is 0 Å². The molecule has 1 aromatic rings. The smallest absolute Gasteiger partial charge is 0.0449 e. The predicted molar refractivity (Wildman–Crippen MR) is 77.7 cm³/mol. The van der Waals surface area contributed by atoms with Gasteiger partial charge in [-0.1, -0.05) is 42.5 Å². The van der Waals surface area contributed by atoms with Gasteiger partial charge in [0.05, 0.1) is 0 Å². The van der Waals surface area contributed by atoms with Crippen molar-refractivity contribution in [3.8, 4) is 0 Å². The molecule has 0 amide bonds. The number of benzene rings is 1. The maximum absolute atomic E-state index is 3.66. The van der Waals surface area contributed by atoms with Gasteiger partial charge in [-0.2, -0.15) is 0 Å². The molecule has 0 spiro atoms. The first-order valence-corrected chi connectivity index (χ1v) is 7.02. The van der Waals surface area contributed by atoms with Crippen molar-refractivity contribution in [3.63, 3.8) is 0 Å². The molecule has 1 aromatic carbocycles. The fourth-order valence-electron chi connectivity index (χ4n) is 2.53. The van der Waals surface area contributed by atoms with Crippen LogP contribution in [0.2, 0.25) is 0 Å². The zero-order valence-electron chi connectivity index (χ0n) is 11.3. The van der Waals surface area contributed by atoms with Gasteiger partial charge in [-0.15, -0.1) is 0 Å². The lowest BCUT2D eigenvalue weighted by Gasteiger charge is -2.24. The van der Waals surface area contributed by atoms with Crippen LogP contribution in [-0.2, 0) is 0 Å². The zero-order chi connectivity index (χ0) is 12.6. The number of hydrogen-bond acceptors (Lipinski definition) is 2. The lowest BCUT2D eigenvalue weighted by Crippen LogP contribution is -2.31.